The summed E-state index contributed by atoms with van der Waals surface area (Å²) in [6.45, 7) is 2.88. The van der Waals surface area contributed by atoms with Crippen molar-refractivity contribution in [1.82, 2.24) is 4.98 Å². The molecule has 1 aromatic heterocycles. The highest BCUT2D eigenvalue weighted by molar-refractivity contribution is 5.47. The van der Waals surface area contributed by atoms with Crippen molar-refractivity contribution >= 4 is 5.69 Å². The molecule has 0 aromatic carbocycles. The molecule has 1 aromatic rings. The molecule has 1 aliphatic carbocycles. The normalized spacial score (nSPS) is 24.6. The van der Waals surface area contributed by atoms with Crippen LogP contribution in [-0.2, 0) is 6.54 Å². The van der Waals surface area contributed by atoms with Crippen molar-refractivity contribution in [1.29, 1.82) is 0 Å². The fourth-order valence-corrected chi connectivity index (χ4v) is 2.86. The lowest BCUT2D eigenvalue weighted by Gasteiger charge is -2.37. The highest BCUT2D eigenvalue weighted by atomic mass is 15.1. The number of hydrogen-bond acceptors (Lipinski definition) is 3. The molecule has 0 aliphatic heterocycles. The number of aromatic nitrogens is 1. The summed E-state index contributed by atoms with van der Waals surface area (Å²) in [6, 6.07) is 4.86. The molecule has 1 heterocycles. The van der Waals surface area contributed by atoms with E-state index in [0.717, 1.165) is 11.6 Å². The molecule has 94 valence electrons. The van der Waals surface area contributed by atoms with E-state index < -0.39 is 0 Å². The predicted molar refractivity (Wildman–Crippen MR) is 72.0 cm³/mol. The van der Waals surface area contributed by atoms with Crippen molar-refractivity contribution in [3.63, 3.8) is 0 Å². The maximum absolute atomic E-state index is 5.64. The van der Waals surface area contributed by atoms with E-state index in [9.17, 15) is 0 Å². The number of rotatable bonds is 3. The standard InChI is InChI=1S/C14H23N3/c1-11-5-3-4-6-14(11)17(2)13-7-8-16-12(9-13)10-15/h7-9,11,14H,3-6,10,15H2,1-2H3. The average Bonchev–Trinajstić information content (AvgIpc) is 2.38. The summed E-state index contributed by atoms with van der Waals surface area (Å²) >= 11 is 0. The molecule has 2 rings (SSSR count). The largest absolute Gasteiger partial charge is 0.371 e. The minimum absolute atomic E-state index is 0.516. The number of nitrogens with two attached hydrogens (primary N) is 1. The van der Waals surface area contributed by atoms with Gasteiger partial charge in [0.05, 0.1) is 5.69 Å². The third-order valence-electron chi connectivity index (χ3n) is 3.98. The average molecular weight is 233 g/mol. The number of pyridine rings is 1. The van der Waals surface area contributed by atoms with Gasteiger partial charge in [-0.05, 0) is 30.9 Å². The van der Waals surface area contributed by atoms with Crippen LogP contribution in [0.25, 0.3) is 0 Å². The number of nitrogens with zero attached hydrogens (tertiary/aromatic N) is 2. The minimum Gasteiger partial charge on any atom is -0.371 e. The second-order valence-electron chi connectivity index (χ2n) is 5.15. The summed E-state index contributed by atoms with van der Waals surface area (Å²) in [5.74, 6) is 0.781. The van der Waals surface area contributed by atoms with Crippen molar-refractivity contribution < 1.29 is 0 Å². The van der Waals surface area contributed by atoms with Gasteiger partial charge in [-0.2, -0.15) is 0 Å². The van der Waals surface area contributed by atoms with Crippen LogP contribution in [0.15, 0.2) is 18.3 Å². The van der Waals surface area contributed by atoms with Gasteiger partial charge in [0.15, 0.2) is 0 Å². The van der Waals surface area contributed by atoms with E-state index in [1.165, 1.54) is 31.4 Å². The van der Waals surface area contributed by atoms with E-state index in [4.69, 9.17) is 5.73 Å². The zero-order valence-electron chi connectivity index (χ0n) is 10.9. The third-order valence-corrected chi connectivity index (χ3v) is 3.98. The van der Waals surface area contributed by atoms with E-state index in [0.29, 0.717) is 12.6 Å². The quantitative estimate of drug-likeness (QED) is 0.872. The van der Waals surface area contributed by atoms with Gasteiger partial charge in [-0.3, -0.25) is 4.98 Å². The molecule has 2 atom stereocenters. The topological polar surface area (TPSA) is 42.2 Å². The first-order valence-corrected chi connectivity index (χ1v) is 6.60. The molecule has 1 fully saturated rings. The van der Waals surface area contributed by atoms with Gasteiger partial charge in [0.25, 0.3) is 0 Å². The maximum Gasteiger partial charge on any atom is 0.0560 e. The van der Waals surface area contributed by atoms with Gasteiger partial charge in [0.2, 0.25) is 0 Å². The molecule has 0 saturated heterocycles. The van der Waals surface area contributed by atoms with E-state index in [2.05, 4.69) is 36.0 Å². The summed E-state index contributed by atoms with van der Waals surface area (Å²) in [5, 5.41) is 0. The Balaban J connectivity index is 2.14. The van der Waals surface area contributed by atoms with Crippen LogP contribution in [0.1, 0.15) is 38.3 Å². The van der Waals surface area contributed by atoms with Crippen LogP contribution in [0.5, 0.6) is 0 Å². The Morgan fingerprint density at radius 2 is 2.18 bits per heavy atom. The van der Waals surface area contributed by atoms with E-state index in [1.54, 1.807) is 0 Å². The van der Waals surface area contributed by atoms with Crippen LogP contribution in [0.3, 0.4) is 0 Å². The molecule has 17 heavy (non-hydrogen) atoms. The van der Waals surface area contributed by atoms with Crippen molar-refractivity contribution in [3.8, 4) is 0 Å². The van der Waals surface area contributed by atoms with Gasteiger partial charge in [-0.15, -0.1) is 0 Å². The molecule has 1 aliphatic rings. The van der Waals surface area contributed by atoms with Gasteiger partial charge < -0.3 is 10.6 Å². The number of anilines is 1. The monoisotopic (exact) mass is 233 g/mol. The predicted octanol–water partition coefficient (Wildman–Crippen LogP) is 2.56. The Hall–Kier alpha value is -1.09. The first-order chi connectivity index (χ1) is 8.22. The third kappa shape index (κ3) is 2.78. The Bertz CT molecular complexity index is 364. The van der Waals surface area contributed by atoms with E-state index in [-0.39, 0.29) is 0 Å². The second-order valence-corrected chi connectivity index (χ2v) is 5.15. The first-order valence-electron chi connectivity index (χ1n) is 6.60. The van der Waals surface area contributed by atoms with Crippen LogP contribution in [0.2, 0.25) is 0 Å². The Morgan fingerprint density at radius 1 is 1.41 bits per heavy atom. The van der Waals surface area contributed by atoms with Crippen molar-refractivity contribution in [2.45, 2.75) is 45.2 Å². The van der Waals surface area contributed by atoms with E-state index in [1.807, 2.05) is 6.20 Å². The zero-order chi connectivity index (χ0) is 12.3. The minimum atomic E-state index is 0.516. The van der Waals surface area contributed by atoms with E-state index >= 15 is 0 Å². The molecular weight excluding hydrogens is 210 g/mol. The van der Waals surface area contributed by atoms with Gasteiger partial charge in [0, 0.05) is 31.5 Å². The van der Waals surface area contributed by atoms with Gasteiger partial charge in [-0.25, -0.2) is 0 Å². The molecular formula is C14H23N3. The SMILES string of the molecule is CC1CCCCC1N(C)c1ccnc(CN)c1. The highest BCUT2D eigenvalue weighted by Crippen LogP contribution is 2.30. The molecule has 0 amide bonds. The lowest BCUT2D eigenvalue weighted by atomic mass is 9.85. The summed E-state index contributed by atoms with van der Waals surface area (Å²) in [6.07, 6.45) is 7.26. The van der Waals surface area contributed by atoms with Crippen LogP contribution in [0.4, 0.5) is 5.69 Å². The first kappa shape index (κ1) is 12.4. The lowest BCUT2D eigenvalue weighted by molar-refractivity contribution is 0.321. The molecule has 1 saturated carbocycles. The smallest absolute Gasteiger partial charge is 0.0560 e. The van der Waals surface area contributed by atoms with Crippen LogP contribution in [-0.4, -0.2) is 18.1 Å². The summed E-state index contributed by atoms with van der Waals surface area (Å²) in [5.41, 5.74) is 7.86. The van der Waals surface area contributed by atoms with Crippen LogP contribution >= 0.6 is 0 Å². The van der Waals surface area contributed by atoms with Crippen LogP contribution < -0.4 is 10.6 Å². The molecule has 0 spiro atoms. The Kier molecular flexibility index (Phi) is 4.00. The molecule has 2 unspecified atom stereocenters. The maximum atomic E-state index is 5.64. The molecule has 2 N–H and O–H groups in total. The molecule has 0 bridgehead atoms. The van der Waals surface area contributed by atoms with Crippen molar-refractivity contribution in [2.75, 3.05) is 11.9 Å². The Morgan fingerprint density at radius 3 is 2.88 bits per heavy atom. The summed E-state index contributed by atoms with van der Waals surface area (Å²) < 4.78 is 0. The number of hydrogen-bond donors (Lipinski definition) is 1. The van der Waals surface area contributed by atoms with Crippen molar-refractivity contribution in [2.24, 2.45) is 11.7 Å². The highest BCUT2D eigenvalue weighted by Gasteiger charge is 2.25. The molecule has 0 radical (unpaired) electrons. The fraction of sp³-hybridized carbons (Fsp3) is 0.643. The lowest BCUT2D eigenvalue weighted by Crippen LogP contribution is -2.39. The molecule has 3 heteroatoms. The summed E-state index contributed by atoms with van der Waals surface area (Å²) in [7, 11) is 2.20. The van der Waals surface area contributed by atoms with Gasteiger partial charge in [-0.1, -0.05) is 19.8 Å². The van der Waals surface area contributed by atoms with Gasteiger partial charge in [0.1, 0.15) is 0 Å². The molecule has 3 nitrogen and oxygen atoms in total. The fourth-order valence-electron chi connectivity index (χ4n) is 2.86. The second kappa shape index (κ2) is 5.50. The van der Waals surface area contributed by atoms with Crippen molar-refractivity contribution in [3.05, 3.63) is 24.0 Å². The zero-order valence-corrected chi connectivity index (χ0v) is 10.9. The van der Waals surface area contributed by atoms with Crippen LogP contribution in [0, 0.1) is 5.92 Å². The van der Waals surface area contributed by atoms with Gasteiger partial charge >= 0.3 is 0 Å². The Labute approximate surface area is 104 Å². The summed E-state index contributed by atoms with van der Waals surface area (Å²) in [4.78, 5) is 6.66.